The number of hydrogen-bond acceptors (Lipinski definition) is 8. The van der Waals surface area contributed by atoms with Crippen LogP contribution in [0.3, 0.4) is 0 Å². The Bertz CT molecular complexity index is 1230. The fraction of sp³-hybridized carbons (Fsp3) is 0.217. The lowest BCUT2D eigenvalue weighted by atomic mass is 10.0. The summed E-state index contributed by atoms with van der Waals surface area (Å²) >= 11 is 2.57. The molecule has 8 nitrogen and oxygen atoms in total. The highest BCUT2D eigenvalue weighted by Gasteiger charge is 2.23. The first kappa shape index (κ1) is 22.8. The van der Waals surface area contributed by atoms with E-state index < -0.39 is 5.97 Å². The van der Waals surface area contributed by atoms with Gasteiger partial charge in [-0.25, -0.2) is 4.79 Å². The average molecular weight is 483 g/mol. The number of thiophene rings is 1. The number of carbonyl (C=O) groups is 2. The molecule has 1 amide bonds. The zero-order valence-electron chi connectivity index (χ0n) is 18.1. The third-order valence-corrected chi connectivity index (χ3v) is 6.62. The van der Waals surface area contributed by atoms with Crippen LogP contribution in [0.4, 0.5) is 5.00 Å². The number of anilines is 1. The molecule has 3 heterocycles. The number of methoxy groups -OCH3 is 1. The number of benzene rings is 1. The van der Waals surface area contributed by atoms with Gasteiger partial charge in [0.15, 0.2) is 16.7 Å². The van der Waals surface area contributed by atoms with Gasteiger partial charge in [-0.05, 0) is 24.1 Å². The Morgan fingerprint density at radius 3 is 2.70 bits per heavy atom. The summed E-state index contributed by atoms with van der Waals surface area (Å²) in [5, 5.41) is 14.3. The lowest BCUT2D eigenvalue weighted by Gasteiger charge is -2.09. The van der Waals surface area contributed by atoms with E-state index >= 15 is 0 Å². The summed E-state index contributed by atoms with van der Waals surface area (Å²) in [7, 11) is 1.33. The van der Waals surface area contributed by atoms with Crippen LogP contribution < -0.4 is 5.32 Å². The van der Waals surface area contributed by atoms with Crippen LogP contribution in [0.15, 0.2) is 63.7 Å². The average Bonchev–Trinajstić information content (AvgIpc) is 3.58. The Labute approximate surface area is 199 Å². The molecule has 10 heteroatoms. The fourth-order valence-corrected chi connectivity index (χ4v) is 5.02. The van der Waals surface area contributed by atoms with E-state index in [1.807, 2.05) is 46.3 Å². The summed E-state index contributed by atoms with van der Waals surface area (Å²) in [6.45, 7) is 2.76. The van der Waals surface area contributed by atoms with Gasteiger partial charge in [-0.1, -0.05) is 49.0 Å². The van der Waals surface area contributed by atoms with E-state index in [-0.39, 0.29) is 11.7 Å². The number of thioether (sulfide) groups is 1. The number of ether oxygens (including phenoxy) is 1. The minimum atomic E-state index is -0.496. The largest absolute Gasteiger partial charge is 0.465 e. The maximum atomic E-state index is 12.7. The Hall–Kier alpha value is -3.37. The zero-order valence-corrected chi connectivity index (χ0v) is 19.7. The van der Waals surface area contributed by atoms with Crippen molar-refractivity contribution in [3.05, 3.63) is 59.7 Å². The maximum absolute atomic E-state index is 12.7. The van der Waals surface area contributed by atoms with Gasteiger partial charge in [-0.3, -0.25) is 9.36 Å². The summed E-state index contributed by atoms with van der Waals surface area (Å²) in [6, 6.07) is 13.1. The minimum Gasteiger partial charge on any atom is -0.465 e. The van der Waals surface area contributed by atoms with Crippen molar-refractivity contribution in [2.75, 3.05) is 18.2 Å². The molecule has 0 atom stereocenters. The SMILES string of the molecule is CCCn1c(SCC(=O)Nc2scc(-c3ccccc3)c2C(=O)OC)nnc1-c1ccco1. The molecule has 0 bridgehead atoms. The number of amides is 1. The molecule has 0 radical (unpaired) electrons. The van der Waals surface area contributed by atoms with Crippen molar-refractivity contribution in [2.45, 2.75) is 25.0 Å². The quantitative estimate of drug-likeness (QED) is 0.259. The van der Waals surface area contributed by atoms with Crippen LogP contribution in [0, 0.1) is 0 Å². The molecule has 4 rings (SSSR count). The summed E-state index contributed by atoms with van der Waals surface area (Å²) in [5.41, 5.74) is 1.95. The summed E-state index contributed by atoms with van der Waals surface area (Å²) in [5.74, 6) is 0.616. The first-order chi connectivity index (χ1) is 16.1. The minimum absolute atomic E-state index is 0.110. The van der Waals surface area contributed by atoms with Crippen molar-refractivity contribution in [2.24, 2.45) is 0 Å². The number of aromatic nitrogens is 3. The summed E-state index contributed by atoms with van der Waals surface area (Å²) in [6.07, 6.45) is 2.47. The topological polar surface area (TPSA) is 99.2 Å². The van der Waals surface area contributed by atoms with E-state index in [9.17, 15) is 9.59 Å². The summed E-state index contributed by atoms with van der Waals surface area (Å²) in [4.78, 5) is 25.2. The fourth-order valence-electron chi connectivity index (χ4n) is 3.29. The lowest BCUT2D eigenvalue weighted by molar-refractivity contribution is -0.113. The molecular formula is C23H22N4O4S2. The molecule has 33 heavy (non-hydrogen) atoms. The molecule has 3 aromatic heterocycles. The van der Waals surface area contributed by atoms with E-state index in [1.165, 1.54) is 30.2 Å². The number of rotatable bonds is 9. The van der Waals surface area contributed by atoms with Crippen LogP contribution >= 0.6 is 23.1 Å². The van der Waals surface area contributed by atoms with E-state index in [0.29, 0.717) is 33.9 Å². The van der Waals surface area contributed by atoms with E-state index in [0.717, 1.165) is 17.5 Å². The Balaban J connectivity index is 1.50. The van der Waals surface area contributed by atoms with E-state index in [1.54, 1.807) is 12.3 Å². The molecule has 170 valence electrons. The number of nitrogens with one attached hydrogen (secondary N) is 1. The molecule has 1 aromatic carbocycles. The van der Waals surface area contributed by atoms with Gasteiger partial charge in [0.2, 0.25) is 5.91 Å². The molecule has 0 fully saturated rings. The standard InChI is InChI=1S/C23H22N4O4S2/c1-3-11-27-20(17-10-7-12-31-17)25-26-23(27)33-14-18(28)24-21-19(22(29)30-2)16(13-32-21)15-8-5-4-6-9-15/h4-10,12-13H,3,11,14H2,1-2H3,(H,24,28). The number of furan rings is 1. The Morgan fingerprint density at radius 1 is 1.18 bits per heavy atom. The first-order valence-corrected chi connectivity index (χ1v) is 12.1. The van der Waals surface area contributed by atoms with E-state index in [4.69, 9.17) is 9.15 Å². The molecule has 0 saturated heterocycles. The van der Waals surface area contributed by atoms with Gasteiger partial charge in [0.05, 0.1) is 19.1 Å². The van der Waals surface area contributed by atoms with Crippen LogP contribution in [-0.4, -0.2) is 39.5 Å². The highest BCUT2D eigenvalue weighted by atomic mass is 32.2. The van der Waals surface area contributed by atoms with Gasteiger partial charge in [-0.15, -0.1) is 21.5 Å². The van der Waals surface area contributed by atoms with Crippen LogP contribution in [0.5, 0.6) is 0 Å². The van der Waals surface area contributed by atoms with Gasteiger partial charge in [0.1, 0.15) is 10.6 Å². The second-order valence-corrected chi connectivity index (χ2v) is 8.81. The predicted molar refractivity (Wildman–Crippen MR) is 128 cm³/mol. The molecule has 0 aliphatic heterocycles. The summed E-state index contributed by atoms with van der Waals surface area (Å²) < 4.78 is 12.4. The van der Waals surface area contributed by atoms with Crippen LogP contribution in [0.1, 0.15) is 23.7 Å². The van der Waals surface area contributed by atoms with Gasteiger partial charge in [0.25, 0.3) is 0 Å². The highest BCUT2D eigenvalue weighted by molar-refractivity contribution is 7.99. The monoisotopic (exact) mass is 482 g/mol. The molecule has 4 aromatic rings. The van der Waals surface area contributed by atoms with Crippen molar-refractivity contribution in [3.63, 3.8) is 0 Å². The van der Waals surface area contributed by atoms with Crippen LogP contribution in [0.25, 0.3) is 22.7 Å². The third-order valence-electron chi connectivity index (χ3n) is 4.76. The molecular weight excluding hydrogens is 460 g/mol. The normalized spacial score (nSPS) is 10.8. The maximum Gasteiger partial charge on any atom is 0.341 e. The molecule has 0 unspecified atom stereocenters. The number of esters is 1. The van der Waals surface area contributed by atoms with Gasteiger partial charge in [0, 0.05) is 17.5 Å². The van der Waals surface area contributed by atoms with E-state index in [2.05, 4.69) is 22.4 Å². The lowest BCUT2D eigenvalue weighted by Crippen LogP contribution is -2.16. The highest BCUT2D eigenvalue weighted by Crippen LogP contribution is 2.36. The first-order valence-electron chi connectivity index (χ1n) is 10.3. The third kappa shape index (κ3) is 5.01. The van der Waals surface area contributed by atoms with Crippen molar-refractivity contribution >= 4 is 40.0 Å². The predicted octanol–water partition coefficient (Wildman–Crippen LogP) is 5.19. The molecule has 0 spiro atoms. The second kappa shape index (κ2) is 10.5. The number of carbonyl (C=O) groups excluding carboxylic acids is 2. The van der Waals surface area contributed by atoms with Gasteiger partial charge >= 0.3 is 5.97 Å². The second-order valence-electron chi connectivity index (χ2n) is 6.98. The number of nitrogens with zero attached hydrogens (tertiary/aromatic N) is 3. The van der Waals surface area contributed by atoms with Crippen molar-refractivity contribution in [3.8, 4) is 22.7 Å². The molecule has 0 saturated carbocycles. The van der Waals surface area contributed by atoms with Gasteiger partial charge < -0.3 is 14.5 Å². The van der Waals surface area contributed by atoms with Gasteiger partial charge in [-0.2, -0.15) is 0 Å². The van der Waals surface area contributed by atoms with Crippen LogP contribution in [0.2, 0.25) is 0 Å². The van der Waals surface area contributed by atoms with Crippen molar-refractivity contribution in [1.29, 1.82) is 0 Å². The number of hydrogen-bond donors (Lipinski definition) is 1. The van der Waals surface area contributed by atoms with Crippen LogP contribution in [-0.2, 0) is 16.1 Å². The van der Waals surface area contributed by atoms with Crippen molar-refractivity contribution < 1.29 is 18.7 Å². The Morgan fingerprint density at radius 2 is 2.00 bits per heavy atom. The molecule has 0 aliphatic carbocycles. The molecule has 0 aliphatic rings. The molecule has 1 N–H and O–H groups in total. The zero-order chi connectivity index (χ0) is 23.2. The Kier molecular flexibility index (Phi) is 7.26. The smallest absolute Gasteiger partial charge is 0.341 e. The van der Waals surface area contributed by atoms with Crippen molar-refractivity contribution in [1.82, 2.24) is 14.8 Å².